The first-order valence-corrected chi connectivity index (χ1v) is 9.12. The summed E-state index contributed by atoms with van der Waals surface area (Å²) in [6.45, 7) is 11.5. The van der Waals surface area contributed by atoms with Gasteiger partial charge in [0, 0.05) is 31.1 Å². The lowest BCUT2D eigenvalue weighted by molar-refractivity contribution is 0.0821. The Bertz CT molecular complexity index is 422. The van der Waals surface area contributed by atoms with E-state index in [1.54, 1.807) is 0 Å². The van der Waals surface area contributed by atoms with Crippen molar-refractivity contribution in [3.8, 4) is 0 Å². The van der Waals surface area contributed by atoms with Crippen LogP contribution in [0.1, 0.15) is 50.6 Å². The number of thiazole rings is 1. The van der Waals surface area contributed by atoms with Crippen LogP contribution in [0.4, 0.5) is 5.13 Å². The van der Waals surface area contributed by atoms with Crippen LogP contribution in [0.2, 0.25) is 0 Å². The van der Waals surface area contributed by atoms with Crippen LogP contribution in [0, 0.1) is 0 Å². The van der Waals surface area contributed by atoms with Crippen molar-refractivity contribution in [2.24, 2.45) is 0 Å². The van der Waals surface area contributed by atoms with Crippen molar-refractivity contribution >= 4 is 16.5 Å². The topological polar surface area (TPSA) is 37.4 Å². The summed E-state index contributed by atoms with van der Waals surface area (Å²) in [5.74, 6) is 0. The third-order valence-electron chi connectivity index (χ3n) is 3.69. The molecule has 1 aromatic rings. The third kappa shape index (κ3) is 4.94. The molecule has 0 aliphatic carbocycles. The zero-order valence-corrected chi connectivity index (χ0v) is 14.5. The Kier molecular flexibility index (Phi) is 6.93. The quantitative estimate of drug-likeness (QED) is 0.785. The van der Waals surface area contributed by atoms with Gasteiger partial charge < -0.3 is 15.0 Å². The van der Waals surface area contributed by atoms with Crippen LogP contribution in [0.25, 0.3) is 0 Å². The van der Waals surface area contributed by atoms with Crippen LogP contribution < -0.4 is 10.2 Å². The summed E-state index contributed by atoms with van der Waals surface area (Å²) in [6, 6.07) is 0. The lowest BCUT2D eigenvalue weighted by atomic mass is 10.2. The number of hydrogen-bond acceptors (Lipinski definition) is 5. The molecule has 1 saturated heterocycles. The first kappa shape index (κ1) is 16.7. The van der Waals surface area contributed by atoms with E-state index in [2.05, 4.69) is 31.0 Å². The molecule has 1 atom stereocenters. The number of aryl methyl sites for hydroxylation is 1. The molecule has 1 N–H and O–H groups in total. The highest BCUT2D eigenvalue weighted by atomic mass is 32.1. The predicted octanol–water partition coefficient (Wildman–Crippen LogP) is 3.21. The van der Waals surface area contributed by atoms with E-state index in [4.69, 9.17) is 9.72 Å². The molecule has 2 rings (SSSR count). The highest BCUT2D eigenvalue weighted by Gasteiger charge is 2.20. The van der Waals surface area contributed by atoms with E-state index < -0.39 is 0 Å². The van der Waals surface area contributed by atoms with Crippen molar-refractivity contribution in [2.45, 2.75) is 59.1 Å². The van der Waals surface area contributed by atoms with Gasteiger partial charge in [-0.25, -0.2) is 4.98 Å². The van der Waals surface area contributed by atoms with Crippen LogP contribution in [-0.4, -0.2) is 37.3 Å². The summed E-state index contributed by atoms with van der Waals surface area (Å²) in [4.78, 5) is 8.75. The van der Waals surface area contributed by atoms with Crippen LogP contribution >= 0.6 is 11.3 Å². The van der Waals surface area contributed by atoms with Crippen molar-refractivity contribution in [1.29, 1.82) is 0 Å². The molecule has 0 bridgehead atoms. The Morgan fingerprint density at radius 2 is 2.24 bits per heavy atom. The lowest BCUT2D eigenvalue weighted by Crippen LogP contribution is -2.29. The molecule has 0 saturated carbocycles. The van der Waals surface area contributed by atoms with Crippen LogP contribution in [0.15, 0.2) is 0 Å². The zero-order chi connectivity index (χ0) is 15.1. The molecule has 120 valence electrons. The fourth-order valence-corrected chi connectivity index (χ4v) is 3.73. The summed E-state index contributed by atoms with van der Waals surface area (Å²) >= 11 is 1.86. The molecule has 1 aliphatic heterocycles. The smallest absolute Gasteiger partial charge is 0.185 e. The highest BCUT2D eigenvalue weighted by Crippen LogP contribution is 2.28. The van der Waals surface area contributed by atoms with Gasteiger partial charge in [0.25, 0.3) is 0 Å². The number of hydrogen-bond donors (Lipinski definition) is 1. The average molecular weight is 311 g/mol. The maximum absolute atomic E-state index is 5.74. The SMILES string of the molecule is CCCNCc1sc(N2CCCOC(C)C2)nc1CCC. The van der Waals surface area contributed by atoms with E-state index in [0.717, 1.165) is 52.0 Å². The van der Waals surface area contributed by atoms with Crippen LogP contribution in [0.5, 0.6) is 0 Å². The van der Waals surface area contributed by atoms with Crippen molar-refractivity contribution in [3.63, 3.8) is 0 Å². The van der Waals surface area contributed by atoms with Crippen LogP contribution in [0.3, 0.4) is 0 Å². The molecule has 5 heteroatoms. The van der Waals surface area contributed by atoms with Gasteiger partial charge in [0.05, 0.1) is 11.8 Å². The van der Waals surface area contributed by atoms with Crippen molar-refractivity contribution in [1.82, 2.24) is 10.3 Å². The Labute approximate surface area is 132 Å². The number of aromatic nitrogens is 1. The summed E-state index contributed by atoms with van der Waals surface area (Å²) in [5.41, 5.74) is 1.29. The number of rotatable bonds is 7. The minimum absolute atomic E-state index is 0.299. The molecule has 1 unspecified atom stereocenters. The molecule has 1 fully saturated rings. The molecular formula is C16H29N3OS. The maximum atomic E-state index is 5.74. The van der Waals surface area contributed by atoms with Gasteiger partial charge in [-0.3, -0.25) is 0 Å². The summed E-state index contributed by atoms with van der Waals surface area (Å²) < 4.78 is 5.74. The summed E-state index contributed by atoms with van der Waals surface area (Å²) in [5, 5.41) is 4.70. The molecule has 0 amide bonds. The van der Waals surface area contributed by atoms with Gasteiger partial charge in [0.1, 0.15) is 0 Å². The predicted molar refractivity (Wildman–Crippen MR) is 90.4 cm³/mol. The van der Waals surface area contributed by atoms with Gasteiger partial charge in [-0.15, -0.1) is 11.3 Å². The number of nitrogens with one attached hydrogen (secondary N) is 1. The molecule has 21 heavy (non-hydrogen) atoms. The average Bonchev–Trinajstić information content (AvgIpc) is 2.73. The zero-order valence-electron chi connectivity index (χ0n) is 13.7. The largest absolute Gasteiger partial charge is 0.377 e. The third-order valence-corrected chi connectivity index (χ3v) is 4.85. The minimum Gasteiger partial charge on any atom is -0.377 e. The molecule has 2 heterocycles. The molecule has 1 aromatic heterocycles. The maximum Gasteiger partial charge on any atom is 0.185 e. The first-order chi connectivity index (χ1) is 10.2. The van der Waals surface area contributed by atoms with Gasteiger partial charge in [0.2, 0.25) is 0 Å². The van der Waals surface area contributed by atoms with Crippen molar-refractivity contribution in [3.05, 3.63) is 10.6 Å². The lowest BCUT2D eigenvalue weighted by Gasteiger charge is -2.20. The summed E-state index contributed by atoms with van der Waals surface area (Å²) in [7, 11) is 0. The Morgan fingerprint density at radius 3 is 3.00 bits per heavy atom. The second-order valence-corrected chi connectivity index (χ2v) is 6.84. The molecule has 0 radical (unpaired) electrons. The minimum atomic E-state index is 0.299. The van der Waals surface area contributed by atoms with Gasteiger partial charge in [0.15, 0.2) is 5.13 Å². The van der Waals surface area contributed by atoms with Crippen LogP contribution in [-0.2, 0) is 17.7 Å². The first-order valence-electron chi connectivity index (χ1n) is 8.30. The molecule has 0 aromatic carbocycles. The van der Waals surface area contributed by atoms with Gasteiger partial charge in [-0.1, -0.05) is 20.3 Å². The molecule has 0 spiro atoms. The Morgan fingerprint density at radius 1 is 1.38 bits per heavy atom. The molecule has 1 aliphatic rings. The van der Waals surface area contributed by atoms with Gasteiger partial charge in [-0.2, -0.15) is 0 Å². The van der Waals surface area contributed by atoms with E-state index in [-0.39, 0.29) is 0 Å². The van der Waals surface area contributed by atoms with E-state index in [1.807, 2.05) is 11.3 Å². The standard InChI is InChI=1S/C16H29N3OS/c1-4-7-14-15(11-17-8-5-2)21-16(18-14)19-9-6-10-20-13(3)12-19/h13,17H,4-12H2,1-3H3. The summed E-state index contributed by atoms with van der Waals surface area (Å²) in [6.07, 6.45) is 4.81. The molecule has 4 nitrogen and oxygen atoms in total. The Balaban J connectivity index is 2.09. The van der Waals surface area contributed by atoms with E-state index in [9.17, 15) is 0 Å². The molecular weight excluding hydrogens is 282 g/mol. The van der Waals surface area contributed by atoms with Crippen molar-refractivity contribution in [2.75, 3.05) is 31.1 Å². The van der Waals surface area contributed by atoms with E-state index in [1.165, 1.54) is 22.1 Å². The monoisotopic (exact) mass is 311 g/mol. The fraction of sp³-hybridized carbons (Fsp3) is 0.812. The number of anilines is 1. The second-order valence-electron chi connectivity index (χ2n) is 5.77. The van der Waals surface area contributed by atoms with E-state index >= 15 is 0 Å². The van der Waals surface area contributed by atoms with Gasteiger partial charge >= 0.3 is 0 Å². The van der Waals surface area contributed by atoms with Gasteiger partial charge in [-0.05, 0) is 32.7 Å². The van der Waals surface area contributed by atoms with Crippen molar-refractivity contribution < 1.29 is 4.74 Å². The number of ether oxygens (including phenoxy) is 1. The highest BCUT2D eigenvalue weighted by molar-refractivity contribution is 7.15. The second kappa shape index (κ2) is 8.71. The normalized spacial score (nSPS) is 19.8. The fourth-order valence-electron chi connectivity index (χ4n) is 2.62. The number of nitrogens with zero attached hydrogens (tertiary/aromatic N) is 2. The Hall–Kier alpha value is -0.650. The van der Waals surface area contributed by atoms with E-state index in [0.29, 0.717) is 6.10 Å².